The third kappa shape index (κ3) is 4.52. The molecule has 2 aromatic rings. The molecule has 6 nitrogen and oxygen atoms in total. The van der Waals surface area contributed by atoms with Gasteiger partial charge in [0.2, 0.25) is 11.8 Å². The number of benzene rings is 1. The molecule has 2 amide bonds. The van der Waals surface area contributed by atoms with Crippen LogP contribution >= 0.6 is 0 Å². The molecule has 1 unspecified atom stereocenters. The lowest BCUT2D eigenvalue weighted by Crippen LogP contribution is -2.54. The van der Waals surface area contributed by atoms with Gasteiger partial charge in [-0.15, -0.1) is 0 Å². The molecular formula is C23H31N3O3. The van der Waals surface area contributed by atoms with Crippen LogP contribution in [0.5, 0.6) is 0 Å². The smallest absolute Gasteiger partial charge is 0.230 e. The number of carbonyl (C=O) groups is 2. The minimum Gasteiger partial charge on any atom is -0.361 e. The Hall–Kier alpha value is -2.63. The van der Waals surface area contributed by atoms with Gasteiger partial charge >= 0.3 is 0 Å². The number of nitrogens with zero attached hydrogens (tertiary/aromatic N) is 3. The van der Waals surface area contributed by atoms with Gasteiger partial charge in [-0.1, -0.05) is 48.8 Å². The van der Waals surface area contributed by atoms with Gasteiger partial charge in [-0.2, -0.15) is 0 Å². The molecule has 0 N–H and O–H groups in total. The lowest BCUT2D eigenvalue weighted by molar-refractivity contribution is -0.148. The minimum absolute atomic E-state index is 0.0343. The molecule has 0 spiro atoms. The number of piperidine rings is 1. The monoisotopic (exact) mass is 397 g/mol. The summed E-state index contributed by atoms with van der Waals surface area (Å²) in [6.45, 7) is 6.96. The minimum atomic E-state index is -0.684. The molecule has 0 bridgehead atoms. The molecule has 2 heterocycles. The van der Waals surface area contributed by atoms with E-state index in [0.717, 1.165) is 24.1 Å². The van der Waals surface area contributed by atoms with Gasteiger partial charge in [0.05, 0.1) is 5.41 Å². The van der Waals surface area contributed by atoms with Gasteiger partial charge in [0.1, 0.15) is 11.5 Å². The van der Waals surface area contributed by atoms with Crippen molar-refractivity contribution in [1.82, 2.24) is 15.0 Å². The average Bonchev–Trinajstić information content (AvgIpc) is 3.15. The molecule has 3 rings (SSSR count). The molecule has 1 saturated heterocycles. The van der Waals surface area contributed by atoms with E-state index >= 15 is 0 Å². The summed E-state index contributed by atoms with van der Waals surface area (Å²) in [6.07, 6.45) is 1.97. The molecule has 1 aromatic heterocycles. The van der Waals surface area contributed by atoms with Crippen LogP contribution in [0.3, 0.4) is 0 Å². The lowest BCUT2D eigenvalue weighted by atomic mass is 9.75. The van der Waals surface area contributed by atoms with Gasteiger partial charge < -0.3 is 14.3 Å². The van der Waals surface area contributed by atoms with Crippen LogP contribution < -0.4 is 0 Å². The van der Waals surface area contributed by atoms with E-state index in [2.05, 4.69) is 5.16 Å². The van der Waals surface area contributed by atoms with Crippen LogP contribution in [-0.2, 0) is 16.0 Å². The lowest BCUT2D eigenvalue weighted by Gasteiger charge is -2.43. The van der Waals surface area contributed by atoms with Gasteiger partial charge in [0.25, 0.3) is 0 Å². The number of amides is 2. The van der Waals surface area contributed by atoms with Crippen LogP contribution in [0.4, 0.5) is 0 Å². The third-order valence-electron chi connectivity index (χ3n) is 5.66. The summed E-state index contributed by atoms with van der Waals surface area (Å²) < 4.78 is 5.63. The zero-order chi connectivity index (χ0) is 21.2. The van der Waals surface area contributed by atoms with E-state index in [1.165, 1.54) is 5.56 Å². The highest BCUT2D eigenvalue weighted by Crippen LogP contribution is 2.37. The molecule has 0 aliphatic carbocycles. The Bertz CT molecular complexity index is 870. The van der Waals surface area contributed by atoms with Crippen molar-refractivity contribution in [1.29, 1.82) is 0 Å². The van der Waals surface area contributed by atoms with Gasteiger partial charge in [0, 0.05) is 51.2 Å². The molecule has 1 fully saturated rings. The van der Waals surface area contributed by atoms with Crippen molar-refractivity contribution in [3.05, 3.63) is 41.7 Å². The summed E-state index contributed by atoms with van der Waals surface area (Å²) in [5, 5.41) is 4.22. The topological polar surface area (TPSA) is 66.7 Å². The first-order valence-corrected chi connectivity index (χ1v) is 10.2. The van der Waals surface area contributed by atoms with Gasteiger partial charge in [-0.25, -0.2) is 0 Å². The second-order valence-electron chi connectivity index (χ2n) is 8.72. The number of aromatic nitrogens is 1. The number of hydrogen-bond acceptors (Lipinski definition) is 4. The summed E-state index contributed by atoms with van der Waals surface area (Å²) in [6, 6.07) is 10.0. The molecule has 1 aliphatic rings. The predicted octanol–water partition coefficient (Wildman–Crippen LogP) is 3.55. The number of rotatable bonds is 5. The first-order valence-electron chi connectivity index (χ1n) is 10.2. The second-order valence-corrected chi connectivity index (χ2v) is 8.72. The van der Waals surface area contributed by atoms with Crippen molar-refractivity contribution in [2.45, 2.75) is 40.0 Å². The summed E-state index contributed by atoms with van der Waals surface area (Å²) in [5.74, 6) is 0.721. The average molecular weight is 398 g/mol. The number of likely N-dealkylation sites (tertiary alicyclic amines) is 1. The summed E-state index contributed by atoms with van der Waals surface area (Å²) in [5.41, 5.74) is 2.25. The molecule has 1 aliphatic heterocycles. The molecule has 0 radical (unpaired) electrons. The van der Waals surface area contributed by atoms with E-state index in [0.29, 0.717) is 25.3 Å². The molecule has 1 aromatic carbocycles. The fraction of sp³-hybridized carbons (Fsp3) is 0.522. The normalized spacial score (nSPS) is 19.4. The summed E-state index contributed by atoms with van der Waals surface area (Å²) in [4.78, 5) is 29.3. The highest BCUT2D eigenvalue weighted by Gasteiger charge is 2.45. The Kier molecular flexibility index (Phi) is 6.10. The number of carbonyl (C=O) groups excluding carboxylic acids is 2. The molecular weight excluding hydrogens is 366 g/mol. The van der Waals surface area contributed by atoms with E-state index in [1.807, 2.05) is 56.0 Å². The van der Waals surface area contributed by atoms with E-state index in [-0.39, 0.29) is 17.7 Å². The highest BCUT2D eigenvalue weighted by atomic mass is 16.5. The van der Waals surface area contributed by atoms with Crippen molar-refractivity contribution >= 4 is 11.8 Å². The van der Waals surface area contributed by atoms with Crippen molar-refractivity contribution in [3.8, 4) is 11.3 Å². The molecule has 156 valence electrons. The van der Waals surface area contributed by atoms with E-state index in [9.17, 15) is 9.59 Å². The SMILES string of the molecule is Cc1ccc(-c2cc(CC3(C(=O)N(C)C)CCCN(C(=O)C(C)C)C3)on2)cc1. The van der Waals surface area contributed by atoms with Crippen LogP contribution in [-0.4, -0.2) is 54.0 Å². The van der Waals surface area contributed by atoms with Crippen LogP contribution in [0.25, 0.3) is 11.3 Å². The molecule has 6 heteroatoms. The quantitative estimate of drug-likeness (QED) is 0.774. The Labute approximate surface area is 172 Å². The van der Waals surface area contributed by atoms with E-state index < -0.39 is 5.41 Å². The maximum atomic E-state index is 13.2. The van der Waals surface area contributed by atoms with Crippen molar-refractivity contribution in [3.63, 3.8) is 0 Å². The predicted molar refractivity (Wildman–Crippen MR) is 112 cm³/mol. The fourth-order valence-corrected chi connectivity index (χ4v) is 4.14. The second kappa shape index (κ2) is 8.39. The first-order chi connectivity index (χ1) is 13.7. The number of hydrogen-bond donors (Lipinski definition) is 0. The fourth-order valence-electron chi connectivity index (χ4n) is 4.14. The first kappa shape index (κ1) is 21.1. The summed E-state index contributed by atoms with van der Waals surface area (Å²) in [7, 11) is 3.54. The van der Waals surface area contributed by atoms with Crippen LogP contribution in [0.2, 0.25) is 0 Å². The van der Waals surface area contributed by atoms with Crippen LogP contribution in [0.1, 0.15) is 38.0 Å². The third-order valence-corrected chi connectivity index (χ3v) is 5.66. The van der Waals surface area contributed by atoms with Crippen molar-refractivity contribution in [2.24, 2.45) is 11.3 Å². The summed E-state index contributed by atoms with van der Waals surface area (Å²) >= 11 is 0. The maximum Gasteiger partial charge on any atom is 0.230 e. The van der Waals surface area contributed by atoms with Crippen LogP contribution in [0.15, 0.2) is 34.9 Å². The Morgan fingerprint density at radius 1 is 1.24 bits per heavy atom. The highest BCUT2D eigenvalue weighted by molar-refractivity contribution is 5.85. The molecule has 1 atom stereocenters. The zero-order valence-corrected chi connectivity index (χ0v) is 18.1. The Morgan fingerprint density at radius 2 is 1.93 bits per heavy atom. The zero-order valence-electron chi connectivity index (χ0n) is 18.1. The van der Waals surface area contributed by atoms with Crippen molar-refractivity contribution < 1.29 is 14.1 Å². The Balaban J connectivity index is 1.87. The van der Waals surface area contributed by atoms with Crippen LogP contribution in [0, 0.1) is 18.3 Å². The maximum absolute atomic E-state index is 13.2. The van der Waals surface area contributed by atoms with Gasteiger partial charge in [-0.3, -0.25) is 9.59 Å². The van der Waals surface area contributed by atoms with E-state index in [1.54, 1.807) is 19.0 Å². The van der Waals surface area contributed by atoms with E-state index in [4.69, 9.17) is 4.52 Å². The standard InChI is InChI=1S/C23H31N3O3/c1-16(2)21(27)26-12-6-11-23(15-26,22(28)25(4)5)14-19-13-20(24-29-19)18-9-7-17(3)8-10-18/h7-10,13,16H,6,11-12,14-15H2,1-5H3. The Morgan fingerprint density at radius 3 is 2.55 bits per heavy atom. The number of aryl methyl sites for hydroxylation is 1. The molecule has 29 heavy (non-hydrogen) atoms. The van der Waals surface area contributed by atoms with Gasteiger partial charge in [-0.05, 0) is 19.8 Å². The van der Waals surface area contributed by atoms with Crippen molar-refractivity contribution in [2.75, 3.05) is 27.2 Å². The van der Waals surface area contributed by atoms with Gasteiger partial charge in [0.15, 0.2) is 0 Å². The largest absolute Gasteiger partial charge is 0.361 e. The molecule has 0 saturated carbocycles.